The van der Waals surface area contributed by atoms with Crippen molar-refractivity contribution in [3.8, 4) is 16.9 Å². The Morgan fingerprint density at radius 3 is 2.18 bits per heavy atom. The molecule has 0 spiro atoms. The Balaban J connectivity index is 1.09. The van der Waals surface area contributed by atoms with Crippen LogP contribution in [-0.2, 0) is 0 Å². The molecule has 4 heteroatoms. The number of rotatable bonds is 3. The lowest BCUT2D eigenvalue weighted by Crippen LogP contribution is -2.33. The maximum Gasteiger partial charge on any atom is 0.157 e. The molecule has 50 heavy (non-hydrogen) atoms. The minimum absolute atomic E-state index is 0.165. The SMILES string of the molecule is c1ccc2c(c1)OC1=C(c3ccc4ccccc4c3)N=C(c3cccc4oc5cc(-c6cc7ccccc7c7ccccc67)ccc5c34)NC12. The van der Waals surface area contributed by atoms with E-state index in [0.29, 0.717) is 0 Å². The van der Waals surface area contributed by atoms with Crippen LogP contribution in [0.1, 0.15) is 22.7 Å². The molecule has 0 fully saturated rings. The number of fused-ring (bicyclic) bond motifs is 10. The predicted octanol–water partition coefficient (Wildman–Crippen LogP) is 11.6. The van der Waals surface area contributed by atoms with Crippen molar-refractivity contribution >= 4 is 65.8 Å². The maximum atomic E-state index is 6.63. The molecule has 11 rings (SSSR count). The van der Waals surface area contributed by atoms with Crippen molar-refractivity contribution in [2.24, 2.45) is 4.99 Å². The first-order valence-corrected chi connectivity index (χ1v) is 17.0. The van der Waals surface area contributed by atoms with Crippen LogP contribution in [0.15, 0.2) is 173 Å². The Morgan fingerprint density at radius 2 is 1.26 bits per heavy atom. The molecule has 234 valence electrons. The summed E-state index contributed by atoms with van der Waals surface area (Å²) in [6.07, 6.45) is 0. The van der Waals surface area contributed by atoms with Crippen molar-refractivity contribution in [1.82, 2.24) is 5.32 Å². The number of para-hydroxylation sites is 1. The van der Waals surface area contributed by atoms with Gasteiger partial charge in [-0.2, -0.15) is 0 Å². The fourth-order valence-electron chi connectivity index (χ4n) is 7.96. The molecule has 0 radical (unpaired) electrons. The number of benzene rings is 8. The summed E-state index contributed by atoms with van der Waals surface area (Å²) in [7, 11) is 0. The minimum atomic E-state index is -0.165. The van der Waals surface area contributed by atoms with E-state index >= 15 is 0 Å². The highest BCUT2D eigenvalue weighted by atomic mass is 16.5. The van der Waals surface area contributed by atoms with Crippen molar-refractivity contribution in [2.75, 3.05) is 0 Å². The quantitative estimate of drug-likeness (QED) is 0.196. The van der Waals surface area contributed by atoms with Gasteiger partial charge in [0.15, 0.2) is 5.76 Å². The molecule has 0 saturated carbocycles. The molecule has 8 aromatic carbocycles. The summed E-state index contributed by atoms with van der Waals surface area (Å²) < 4.78 is 13.1. The van der Waals surface area contributed by atoms with Crippen LogP contribution in [0.2, 0.25) is 0 Å². The van der Waals surface area contributed by atoms with Gasteiger partial charge >= 0.3 is 0 Å². The van der Waals surface area contributed by atoms with Crippen LogP contribution in [0.25, 0.3) is 71.1 Å². The Labute approximate surface area is 287 Å². The second kappa shape index (κ2) is 10.4. The van der Waals surface area contributed by atoms with Crippen LogP contribution in [0.3, 0.4) is 0 Å². The number of furan rings is 1. The maximum absolute atomic E-state index is 6.63. The van der Waals surface area contributed by atoms with Crippen molar-refractivity contribution in [3.05, 3.63) is 180 Å². The van der Waals surface area contributed by atoms with Gasteiger partial charge in [0.25, 0.3) is 0 Å². The topological polar surface area (TPSA) is 46.8 Å². The summed E-state index contributed by atoms with van der Waals surface area (Å²) in [6.45, 7) is 0. The van der Waals surface area contributed by atoms with Crippen LogP contribution < -0.4 is 10.1 Å². The van der Waals surface area contributed by atoms with E-state index in [1.807, 2.05) is 18.2 Å². The van der Waals surface area contributed by atoms with Gasteiger partial charge in [-0.3, -0.25) is 0 Å². The highest BCUT2D eigenvalue weighted by Gasteiger charge is 2.37. The molecule has 0 bridgehead atoms. The minimum Gasteiger partial charge on any atom is -0.456 e. The summed E-state index contributed by atoms with van der Waals surface area (Å²) in [5.74, 6) is 2.47. The van der Waals surface area contributed by atoms with Gasteiger partial charge in [-0.25, -0.2) is 4.99 Å². The van der Waals surface area contributed by atoms with Crippen molar-refractivity contribution in [2.45, 2.75) is 6.04 Å². The van der Waals surface area contributed by atoms with Gasteiger partial charge in [-0.15, -0.1) is 0 Å². The summed E-state index contributed by atoms with van der Waals surface area (Å²) in [4.78, 5) is 5.34. The predicted molar refractivity (Wildman–Crippen MR) is 205 cm³/mol. The molecule has 1 unspecified atom stereocenters. The zero-order valence-electron chi connectivity index (χ0n) is 26.9. The first-order chi connectivity index (χ1) is 24.8. The van der Waals surface area contributed by atoms with Gasteiger partial charge in [0, 0.05) is 27.5 Å². The zero-order chi connectivity index (χ0) is 32.8. The smallest absolute Gasteiger partial charge is 0.157 e. The third-order valence-electron chi connectivity index (χ3n) is 10.3. The average molecular weight is 641 g/mol. The van der Waals surface area contributed by atoms with Gasteiger partial charge in [0.2, 0.25) is 0 Å². The van der Waals surface area contributed by atoms with Crippen molar-refractivity contribution < 1.29 is 9.15 Å². The first kappa shape index (κ1) is 27.3. The molecule has 1 atom stereocenters. The number of amidine groups is 1. The van der Waals surface area contributed by atoms with Crippen LogP contribution in [-0.4, -0.2) is 5.84 Å². The fraction of sp³-hybridized carbons (Fsp3) is 0.0217. The summed E-state index contributed by atoms with van der Waals surface area (Å²) in [5, 5.41) is 13.2. The van der Waals surface area contributed by atoms with E-state index in [1.54, 1.807) is 0 Å². The third kappa shape index (κ3) is 4.02. The summed E-state index contributed by atoms with van der Waals surface area (Å²) >= 11 is 0. The van der Waals surface area contributed by atoms with E-state index in [9.17, 15) is 0 Å². The Kier molecular flexibility index (Phi) is 5.69. The van der Waals surface area contributed by atoms with Crippen LogP contribution in [0.4, 0.5) is 0 Å². The normalized spacial score (nSPS) is 15.4. The van der Waals surface area contributed by atoms with Crippen LogP contribution in [0.5, 0.6) is 5.75 Å². The van der Waals surface area contributed by atoms with E-state index in [2.05, 4.69) is 145 Å². The molecule has 4 nitrogen and oxygen atoms in total. The van der Waals surface area contributed by atoms with Crippen LogP contribution in [0, 0.1) is 0 Å². The number of nitrogens with zero attached hydrogens (tertiary/aromatic N) is 1. The standard InChI is InChI=1S/C46H28N2O2/c1-2-11-28-24-31(21-20-27(28)10-1)43-45-44(36-16-7-8-18-39(36)50-45)48-46(47-43)37-17-9-19-40-42(37)35-23-22-30(26-41(35)49-40)38-25-29-12-3-4-13-32(29)33-14-5-6-15-34(33)38/h1-26,44H,(H,47,48). The van der Waals surface area contributed by atoms with Gasteiger partial charge < -0.3 is 14.5 Å². The first-order valence-electron chi connectivity index (χ1n) is 17.0. The lowest BCUT2D eigenvalue weighted by atomic mass is 9.92. The largest absolute Gasteiger partial charge is 0.456 e. The molecule has 3 heterocycles. The molecule has 0 saturated heterocycles. The van der Waals surface area contributed by atoms with Crippen molar-refractivity contribution in [1.29, 1.82) is 0 Å². The van der Waals surface area contributed by atoms with E-state index in [1.165, 1.54) is 37.9 Å². The molecule has 2 aliphatic rings. The molecular weight excluding hydrogens is 613 g/mol. The average Bonchev–Trinajstić information content (AvgIpc) is 3.75. The molecule has 1 aromatic heterocycles. The van der Waals surface area contributed by atoms with Gasteiger partial charge in [-0.1, -0.05) is 121 Å². The molecule has 9 aromatic rings. The number of nitrogens with one attached hydrogen (secondary N) is 1. The highest BCUT2D eigenvalue weighted by Crippen LogP contribution is 2.46. The second-order valence-corrected chi connectivity index (χ2v) is 13.1. The summed E-state index contributed by atoms with van der Waals surface area (Å²) in [5.41, 5.74) is 7.94. The van der Waals surface area contributed by atoms with E-state index in [-0.39, 0.29) is 6.04 Å². The van der Waals surface area contributed by atoms with Gasteiger partial charge in [0.05, 0.1) is 0 Å². The number of hydrogen-bond donors (Lipinski definition) is 1. The fourth-order valence-corrected chi connectivity index (χ4v) is 7.96. The number of hydrogen-bond acceptors (Lipinski definition) is 4. The lowest BCUT2D eigenvalue weighted by Gasteiger charge is -2.24. The Hall–Kier alpha value is -6.65. The second-order valence-electron chi connectivity index (χ2n) is 13.1. The van der Waals surface area contributed by atoms with Gasteiger partial charge in [-0.05, 0) is 79.8 Å². The van der Waals surface area contributed by atoms with E-state index < -0.39 is 0 Å². The Bertz CT molecular complexity index is 2950. The highest BCUT2D eigenvalue weighted by molar-refractivity contribution is 6.20. The molecule has 1 N–H and O–H groups in total. The summed E-state index contributed by atoms with van der Waals surface area (Å²) in [6, 6.07) is 55.4. The Morgan fingerprint density at radius 1 is 0.500 bits per heavy atom. The number of aliphatic imine (C=N–C) groups is 1. The van der Waals surface area contributed by atoms with E-state index in [4.69, 9.17) is 14.1 Å². The van der Waals surface area contributed by atoms with Crippen LogP contribution >= 0.6 is 0 Å². The number of ether oxygens (including phenoxy) is 1. The monoisotopic (exact) mass is 640 g/mol. The van der Waals surface area contributed by atoms with Gasteiger partial charge in [0.1, 0.15) is 34.5 Å². The molecule has 2 aliphatic heterocycles. The van der Waals surface area contributed by atoms with Crippen molar-refractivity contribution in [3.63, 3.8) is 0 Å². The molecular formula is C46H28N2O2. The third-order valence-corrected chi connectivity index (χ3v) is 10.3. The van der Waals surface area contributed by atoms with E-state index in [0.717, 1.165) is 67.2 Å². The molecule has 0 amide bonds. The molecule has 0 aliphatic carbocycles. The zero-order valence-corrected chi connectivity index (χ0v) is 26.9. The lowest BCUT2D eigenvalue weighted by molar-refractivity contribution is 0.420.